The minimum atomic E-state index is -3.68. The molecule has 0 aromatic carbocycles. The molecule has 0 bridgehead atoms. The molecule has 0 radical (unpaired) electrons. The molecule has 0 aliphatic rings. The third-order valence-corrected chi connectivity index (χ3v) is 1.70. The average Bonchev–Trinajstić information content (AvgIpc) is 1.59. The normalized spacial score (nSPS) is 9.50. The summed E-state index contributed by atoms with van der Waals surface area (Å²) in [5.41, 5.74) is 0. The zero-order valence-electron chi connectivity index (χ0n) is 8.87. The van der Waals surface area contributed by atoms with E-state index in [1.54, 1.807) is 0 Å². The SMILES string of the molecule is CCCCP(=O)(O)O.[H-].[H-].[Na+].[Na+]. The second-order valence-corrected chi connectivity index (χ2v) is 3.52. The summed E-state index contributed by atoms with van der Waals surface area (Å²) >= 11 is 0. The van der Waals surface area contributed by atoms with E-state index in [-0.39, 0.29) is 68.1 Å². The molecule has 0 rings (SSSR count). The van der Waals surface area contributed by atoms with Crippen molar-refractivity contribution >= 4 is 7.60 Å². The van der Waals surface area contributed by atoms with Crippen LogP contribution in [0.3, 0.4) is 0 Å². The Morgan fingerprint density at radius 3 is 1.90 bits per heavy atom. The van der Waals surface area contributed by atoms with Crippen molar-refractivity contribution in [3.05, 3.63) is 0 Å². The summed E-state index contributed by atoms with van der Waals surface area (Å²) in [6.07, 6.45) is 1.49. The van der Waals surface area contributed by atoms with Crippen LogP contribution in [-0.2, 0) is 4.57 Å². The van der Waals surface area contributed by atoms with Crippen LogP contribution in [0.1, 0.15) is 22.6 Å². The van der Waals surface area contributed by atoms with Gasteiger partial charge in [0.15, 0.2) is 0 Å². The molecule has 54 valence electrons. The van der Waals surface area contributed by atoms with E-state index in [4.69, 9.17) is 9.79 Å². The molecule has 0 saturated heterocycles. The molecule has 0 unspecified atom stereocenters. The van der Waals surface area contributed by atoms with Crippen molar-refractivity contribution in [2.24, 2.45) is 0 Å². The van der Waals surface area contributed by atoms with Crippen LogP contribution in [0.25, 0.3) is 0 Å². The predicted octanol–water partition coefficient (Wildman–Crippen LogP) is -4.80. The Morgan fingerprint density at radius 1 is 1.40 bits per heavy atom. The first-order valence-electron chi connectivity index (χ1n) is 2.61. The van der Waals surface area contributed by atoms with Crippen LogP contribution in [0.5, 0.6) is 0 Å². The molecule has 0 aliphatic heterocycles. The predicted molar refractivity (Wildman–Crippen MR) is 34.0 cm³/mol. The van der Waals surface area contributed by atoms with Crippen LogP contribution in [0.4, 0.5) is 0 Å². The van der Waals surface area contributed by atoms with Crippen molar-refractivity contribution in [3.8, 4) is 0 Å². The standard InChI is InChI=1S/C4H11O3P.2Na.2H/c1-2-3-4-8(5,6)7;;;;/h2-4H2,1H3,(H2,5,6,7);;;;/q;2*+1;2*-1. The first-order valence-corrected chi connectivity index (χ1v) is 4.40. The first kappa shape index (κ1) is 18.0. The van der Waals surface area contributed by atoms with E-state index in [0.717, 1.165) is 6.42 Å². The monoisotopic (exact) mass is 186 g/mol. The van der Waals surface area contributed by atoms with Gasteiger partial charge in [-0.15, -0.1) is 0 Å². The molecule has 0 aliphatic carbocycles. The summed E-state index contributed by atoms with van der Waals surface area (Å²) in [5, 5.41) is 0. The Balaban J connectivity index is -0.0000000408. The Morgan fingerprint density at radius 2 is 1.80 bits per heavy atom. The van der Waals surface area contributed by atoms with Gasteiger partial charge in [0.2, 0.25) is 0 Å². The Kier molecular flexibility index (Phi) is 16.7. The zero-order chi connectivity index (χ0) is 6.62. The summed E-state index contributed by atoms with van der Waals surface area (Å²) in [6, 6.07) is 0. The minimum absolute atomic E-state index is 0. The summed E-state index contributed by atoms with van der Waals surface area (Å²) in [7, 11) is -3.68. The fourth-order valence-electron chi connectivity index (χ4n) is 0.364. The van der Waals surface area contributed by atoms with Crippen LogP contribution in [-0.4, -0.2) is 15.9 Å². The van der Waals surface area contributed by atoms with Gasteiger partial charge in [0.1, 0.15) is 0 Å². The molecule has 0 atom stereocenters. The number of unbranched alkanes of at least 4 members (excludes halogenated alkanes) is 1. The van der Waals surface area contributed by atoms with Crippen molar-refractivity contribution in [2.75, 3.05) is 6.16 Å². The summed E-state index contributed by atoms with van der Waals surface area (Å²) in [4.78, 5) is 16.5. The molecule has 0 heterocycles. The molecule has 0 spiro atoms. The van der Waals surface area contributed by atoms with Gasteiger partial charge >= 0.3 is 66.7 Å². The molecule has 0 saturated carbocycles. The van der Waals surface area contributed by atoms with Crippen molar-refractivity contribution in [3.63, 3.8) is 0 Å². The minimum Gasteiger partial charge on any atom is -1.00 e. The molecular weight excluding hydrogens is 173 g/mol. The average molecular weight is 186 g/mol. The number of hydrogen-bond donors (Lipinski definition) is 2. The zero-order valence-corrected chi connectivity index (χ0v) is 11.8. The van der Waals surface area contributed by atoms with Crippen LogP contribution in [0.15, 0.2) is 0 Å². The molecule has 3 nitrogen and oxygen atoms in total. The van der Waals surface area contributed by atoms with Gasteiger partial charge in [-0.3, -0.25) is 4.57 Å². The van der Waals surface area contributed by atoms with Crippen molar-refractivity contribution in [1.29, 1.82) is 0 Å². The third kappa shape index (κ3) is 16.6. The third-order valence-electron chi connectivity index (χ3n) is 0.803. The molecule has 0 aromatic heterocycles. The van der Waals surface area contributed by atoms with Crippen LogP contribution in [0, 0.1) is 0 Å². The second-order valence-electron chi connectivity index (χ2n) is 1.74. The maximum atomic E-state index is 10.1. The van der Waals surface area contributed by atoms with Gasteiger partial charge < -0.3 is 12.6 Å². The van der Waals surface area contributed by atoms with Gasteiger partial charge in [-0.1, -0.05) is 13.3 Å². The topological polar surface area (TPSA) is 57.5 Å². The maximum absolute atomic E-state index is 10.1. The van der Waals surface area contributed by atoms with Gasteiger partial charge in [0.05, 0.1) is 0 Å². The van der Waals surface area contributed by atoms with E-state index in [9.17, 15) is 4.57 Å². The molecule has 10 heavy (non-hydrogen) atoms. The van der Waals surface area contributed by atoms with E-state index in [1.165, 1.54) is 0 Å². The second kappa shape index (κ2) is 9.24. The first-order chi connectivity index (χ1) is 3.56. The van der Waals surface area contributed by atoms with Gasteiger partial charge in [-0.2, -0.15) is 0 Å². The fraction of sp³-hybridized carbons (Fsp3) is 1.00. The molecule has 0 aromatic rings. The Bertz CT molecular complexity index is 110. The van der Waals surface area contributed by atoms with Gasteiger partial charge in [-0.05, 0) is 6.42 Å². The Labute approximate surface area is 109 Å². The van der Waals surface area contributed by atoms with E-state index < -0.39 is 7.60 Å². The molecule has 0 amide bonds. The van der Waals surface area contributed by atoms with Crippen LogP contribution in [0.2, 0.25) is 0 Å². The van der Waals surface area contributed by atoms with Gasteiger partial charge in [-0.25, -0.2) is 0 Å². The van der Waals surface area contributed by atoms with Crippen molar-refractivity contribution in [2.45, 2.75) is 19.8 Å². The van der Waals surface area contributed by atoms with Gasteiger partial charge in [0.25, 0.3) is 0 Å². The smallest absolute Gasteiger partial charge is 1.00 e. The van der Waals surface area contributed by atoms with E-state index in [2.05, 4.69) is 0 Å². The Hall–Kier alpha value is 2.15. The molecule has 2 N–H and O–H groups in total. The van der Waals surface area contributed by atoms with Crippen molar-refractivity contribution < 1.29 is 76.3 Å². The van der Waals surface area contributed by atoms with Gasteiger partial charge in [0, 0.05) is 6.16 Å². The quantitative estimate of drug-likeness (QED) is 0.343. The van der Waals surface area contributed by atoms with E-state index in [0.29, 0.717) is 6.42 Å². The molecule has 0 fully saturated rings. The molecule has 6 heteroatoms. The maximum Gasteiger partial charge on any atom is 1.00 e. The largest absolute Gasteiger partial charge is 1.00 e. The number of hydrogen-bond acceptors (Lipinski definition) is 1. The summed E-state index contributed by atoms with van der Waals surface area (Å²) in [6.45, 7) is 1.90. The van der Waals surface area contributed by atoms with E-state index >= 15 is 0 Å². The number of rotatable bonds is 3. The van der Waals surface area contributed by atoms with Crippen LogP contribution < -0.4 is 59.1 Å². The van der Waals surface area contributed by atoms with Crippen molar-refractivity contribution in [1.82, 2.24) is 0 Å². The summed E-state index contributed by atoms with van der Waals surface area (Å²) < 4.78 is 10.1. The van der Waals surface area contributed by atoms with Crippen LogP contribution >= 0.6 is 7.60 Å². The summed E-state index contributed by atoms with van der Waals surface area (Å²) in [5.74, 6) is 0. The van der Waals surface area contributed by atoms with E-state index in [1.807, 2.05) is 6.92 Å². The fourth-order valence-corrected chi connectivity index (χ4v) is 1.09. The molecular formula is C4H13Na2O3P.